The van der Waals surface area contributed by atoms with Crippen molar-refractivity contribution in [3.05, 3.63) is 70.8 Å². The second kappa shape index (κ2) is 15.1. The van der Waals surface area contributed by atoms with Crippen molar-refractivity contribution in [1.82, 2.24) is 15.6 Å². The molecule has 0 spiro atoms. The van der Waals surface area contributed by atoms with Crippen LogP contribution in [0.4, 0.5) is 19.3 Å². The molecule has 0 saturated heterocycles. The largest absolute Gasteiger partial charge is 0.494 e. The van der Waals surface area contributed by atoms with E-state index in [1.807, 2.05) is 0 Å². The summed E-state index contributed by atoms with van der Waals surface area (Å²) in [6.45, 7) is 5.19. The highest BCUT2D eigenvalue weighted by Crippen LogP contribution is 2.37. The van der Waals surface area contributed by atoms with E-state index in [1.54, 1.807) is 51.9 Å². The van der Waals surface area contributed by atoms with Gasteiger partial charge in [0.25, 0.3) is 15.9 Å². The third-order valence-corrected chi connectivity index (χ3v) is 7.38. The predicted octanol–water partition coefficient (Wildman–Crippen LogP) is 5.23. The van der Waals surface area contributed by atoms with Gasteiger partial charge in [-0.3, -0.25) is 9.52 Å². The maximum Gasteiger partial charge on any atom is 0.407 e. The van der Waals surface area contributed by atoms with Gasteiger partial charge in [-0.05, 0) is 45.0 Å². The van der Waals surface area contributed by atoms with Gasteiger partial charge in [0, 0.05) is 36.9 Å². The van der Waals surface area contributed by atoms with Crippen LogP contribution in [0.3, 0.4) is 0 Å². The van der Waals surface area contributed by atoms with E-state index in [4.69, 9.17) is 25.8 Å². The number of carbonyl (C=O) groups excluding carboxylic acids is 2. The Hall–Kier alpha value is -4.63. The molecule has 0 bridgehead atoms. The lowest BCUT2D eigenvalue weighted by atomic mass is 10.0. The van der Waals surface area contributed by atoms with Crippen LogP contribution in [-0.2, 0) is 14.8 Å². The van der Waals surface area contributed by atoms with Crippen LogP contribution in [0.5, 0.6) is 11.5 Å². The number of benzene rings is 3. The predicted molar refractivity (Wildman–Crippen MR) is 170 cm³/mol. The monoisotopic (exact) mass is 681 g/mol. The number of sulfonamides is 1. The van der Waals surface area contributed by atoms with Crippen LogP contribution < -0.4 is 24.9 Å². The number of carbonyl (C=O) groups is 2. The number of hydrogen-bond donors (Lipinski definition) is 3. The van der Waals surface area contributed by atoms with E-state index >= 15 is 8.78 Å². The highest BCUT2D eigenvalue weighted by atomic mass is 35.5. The summed E-state index contributed by atoms with van der Waals surface area (Å²) in [5, 5.41) is 6.04. The van der Waals surface area contributed by atoms with Crippen LogP contribution in [0.2, 0.25) is 5.02 Å². The van der Waals surface area contributed by atoms with E-state index in [-0.39, 0.29) is 46.4 Å². The Morgan fingerprint density at radius 3 is 2.39 bits per heavy atom. The second-order valence-corrected chi connectivity index (χ2v) is 12.9. The van der Waals surface area contributed by atoms with Gasteiger partial charge < -0.3 is 24.4 Å². The molecule has 3 N–H and O–H groups in total. The van der Waals surface area contributed by atoms with Crippen LogP contribution in [0, 0.1) is 11.6 Å². The van der Waals surface area contributed by atoms with E-state index in [0.717, 1.165) is 19.2 Å². The molecule has 0 atom stereocenters. The Labute approximate surface area is 270 Å². The molecule has 0 aliphatic carbocycles. The van der Waals surface area contributed by atoms with Crippen LogP contribution in [-0.4, -0.2) is 71.6 Å². The number of para-hydroxylation sites is 1. The van der Waals surface area contributed by atoms with E-state index in [9.17, 15) is 18.0 Å². The van der Waals surface area contributed by atoms with Gasteiger partial charge in [-0.25, -0.2) is 27.4 Å². The SMILES string of the molecule is COc1c(Cl)cc(C(=O)NN=CN(C)C)cc1S(=O)(=O)Nc1cc(-c2ccccc2OCCNC(=O)OC(C)(C)C)c(F)cc1F. The van der Waals surface area contributed by atoms with Crippen LogP contribution in [0.15, 0.2) is 58.5 Å². The van der Waals surface area contributed by atoms with Crippen molar-refractivity contribution in [2.24, 2.45) is 5.10 Å². The topological polar surface area (TPSA) is 148 Å². The van der Waals surface area contributed by atoms with E-state index in [1.165, 1.54) is 24.5 Å². The number of nitrogens with one attached hydrogen (secondary N) is 3. The molecule has 0 aliphatic rings. The molecule has 3 rings (SSSR count). The van der Waals surface area contributed by atoms with E-state index in [0.29, 0.717) is 6.07 Å². The minimum atomic E-state index is -4.68. The minimum Gasteiger partial charge on any atom is -0.494 e. The molecule has 46 heavy (non-hydrogen) atoms. The van der Waals surface area contributed by atoms with Gasteiger partial charge >= 0.3 is 6.09 Å². The lowest BCUT2D eigenvalue weighted by Crippen LogP contribution is -2.34. The summed E-state index contributed by atoms with van der Waals surface area (Å²) in [4.78, 5) is 25.5. The number of hydrazone groups is 1. The standard InChI is InChI=1S/C30H34ClF2N5O7S/c1-30(2,3)45-29(40)34-11-12-44-25-10-8-7-9-19(25)20-15-24(23(33)16-22(20)32)37-46(41,42)26-14-18(13-21(31)27(26)43-6)28(39)36-35-17-38(4)5/h7-10,13-17,37H,11-12H2,1-6H3,(H,34,40)(H,36,39). The lowest BCUT2D eigenvalue weighted by Gasteiger charge is -2.20. The van der Waals surface area contributed by atoms with Crippen LogP contribution in [0.25, 0.3) is 11.1 Å². The molecule has 0 aromatic heterocycles. The van der Waals surface area contributed by atoms with Gasteiger partial charge in [-0.2, -0.15) is 5.10 Å². The first-order chi connectivity index (χ1) is 21.5. The normalized spacial score (nSPS) is 11.6. The number of hydrogen-bond acceptors (Lipinski definition) is 8. The zero-order valence-electron chi connectivity index (χ0n) is 25.9. The van der Waals surface area contributed by atoms with Crippen LogP contribution in [0.1, 0.15) is 31.1 Å². The molecule has 2 amide bonds. The van der Waals surface area contributed by atoms with Crippen molar-refractivity contribution in [2.75, 3.05) is 39.1 Å². The summed E-state index contributed by atoms with van der Waals surface area (Å²) in [6, 6.07) is 9.86. The van der Waals surface area contributed by atoms with Gasteiger partial charge in [-0.1, -0.05) is 29.8 Å². The third-order valence-electron chi connectivity index (χ3n) is 5.73. The zero-order valence-corrected chi connectivity index (χ0v) is 27.5. The van der Waals surface area contributed by atoms with Crippen LogP contribution >= 0.6 is 11.6 Å². The number of ether oxygens (including phenoxy) is 3. The number of rotatable bonds is 12. The number of nitrogens with zero attached hydrogens (tertiary/aromatic N) is 2. The molecule has 248 valence electrons. The summed E-state index contributed by atoms with van der Waals surface area (Å²) in [5.74, 6) is -3.14. The number of alkyl carbamates (subject to hydrolysis) is 1. The quantitative estimate of drug-likeness (QED) is 0.102. The Bertz CT molecular complexity index is 1730. The fraction of sp³-hybridized carbons (Fsp3) is 0.300. The first-order valence-corrected chi connectivity index (χ1v) is 15.5. The molecule has 0 saturated carbocycles. The summed E-state index contributed by atoms with van der Waals surface area (Å²) in [7, 11) is -0.169. The average Bonchev–Trinajstić information content (AvgIpc) is 2.95. The highest BCUT2D eigenvalue weighted by molar-refractivity contribution is 7.92. The Morgan fingerprint density at radius 1 is 1.04 bits per heavy atom. The molecular weight excluding hydrogens is 648 g/mol. The molecule has 3 aromatic carbocycles. The van der Waals surface area contributed by atoms with Crippen molar-refractivity contribution < 1.29 is 41.0 Å². The van der Waals surface area contributed by atoms with Gasteiger partial charge in [0.05, 0.1) is 24.4 Å². The Kier molecular flexibility index (Phi) is 11.8. The molecule has 0 radical (unpaired) electrons. The molecular formula is C30H34ClF2N5O7S. The molecule has 12 nitrogen and oxygen atoms in total. The van der Waals surface area contributed by atoms with Gasteiger partial charge in [0.1, 0.15) is 40.8 Å². The van der Waals surface area contributed by atoms with Crippen molar-refractivity contribution in [1.29, 1.82) is 0 Å². The molecule has 16 heteroatoms. The Balaban J connectivity index is 1.91. The smallest absolute Gasteiger partial charge is 0.407 e. The highest BCUT2D eigenvalue weighted by Gasteiger charge is 2.27. The van der Waals surface area contributed by atoms with Gasteiger partial charge in [0.15, 0.2) is 5.75 Å². The molecule has 0 fully saturated rings. The molecule has 0 heterocycles. The summed E-state index contributed by atoms with van der Waals surface area (Å²) < 4.78 is 75.4. The average molecular weight is 682 g/mol. The minimum absolute atomic E-state index is 0.0243. The number of anilines is 1. The molecule has 0 aliphatic heterocycles. The van der Waals surface area contributed by atoms with Crippen molar-refractivity contribution in [3.8, 4) is 22.6 Å². The maximum atomic E-state index is 15.1. The molecule has 3 aromatic rings. The molecule has 0 unspecified atom stereocenters. The maximum absolute atomic E-state index is 15.1. The summed E-state index contributed by atoms with van der Waals surface area (Å²) in [5.41, 5.74) is 0.740. The zero-order chi connectivity index (χ0) is 34.2. The van der Waals surface area contributed by atoms with Crippen molar-refractivity contribution >= 4 is 45.7 Å². The summed E-state index contributed by atoms with van der Waals surface area (Å²) in [6.07, 6.45) is 0.661. The van der Waals surface area contributed by atoms with Gasteiger partial charge in [-0.15, -0.1) is 0 Å². The first kappa shape index (κ1) is 35.8. The summed E-state index contributed by atoms with van der Waals surface area (Å²) >= 11 is 6.23. The lowest BCUT2D eigenvalue weighted by molar-refractivity contribution is 0.0520. The van der Waals surface area contributed by atoms with Crippen molar-refractivity contribution in [3.63, 3.8) is 0 Å². The first-order valence-electron chi connectivity index (χ1n) is 13.6. The third kappa shape index (κ3) is 9.68. The van der Waals surface area contributed by atoms with E-state index in [2.05, 4.69) is 20.6 Å². The number of methoxy groups -OCH3 is 1. The fourth-order valence-corrected chi connectivity index (χ4v) is 5.47. The van der Waals surface area contributed by atoms with Crippen molar-refractivity contribution in [2.45, 2.75) is 31.3 Å². The second-order valence-electron chi connectivity index (χ2n) is 10.8. The van der Waals surface area contributed by atoms with E-state index < -0.39 is 49.8 Å². The fourth-order valence-electron chi connectivity index (χ4n) is 3.84. The number of amides is 2. The van der Waals surface area contributed by atoms with Gasteiger partial charge in [0.2, 0.25) is 0 Å². The Morgan fingerprint density at radius 2 is 1.74 bits per heavy atom. The number of halogens is 3.